The lowest BCUT2D eigenvalue weighted by Gasteiger charge is -2.32. The topological polar surface area (TPSA) is 383 Å². The fraction of sp³-hybridized carbons (Fsp3) is 0.202. The summed E-state index contributed by atoms with van der Waals surface area (Å²) >= 11 is 0. The lowest BCUT2D eigenvalue weighted by molar-refractivity contribution is -0.301. The molecule has 0 aliphatic rings. The van der Waals surface area contributed by atoms with Crippen molar-refractivity contribution in [3.8, 4) is 69.0 Å². The van der Waals surface area contributed by atoms with Gasteiger partial charge >= 0.3 is 29.8 Å². The van der Waals surface area contributed by atoms with Gasteiger partial charge in [0, 0.05) is 49.4 Å². The molecule has 15 aromatic carbocycles. The van der Waals surface area contributed by atoms with E-state index in [1.807, 2.05) is 256 Å². The van der Waals surface area contributed by atoms with Crippen LogP contribution in [0.3, 0.4) is 0 Å². The first kappa shape index (κ1) is 107. The molecule has 0 bridgehead atoms. The first-order valence-corrected chi connectivity index (χ1v) is 45.7. The third-order valence-corrected chi connectivity index (χ3v) is 23.7. The number of aryl methyl sites for hydroxylation is 12. The molecule has 734 valence electrons. The van der Waals surface area contributed by atoms with E-state index in [-0.39, 0.29) is 105 Å². The van der Waals surface area contributed by atoms with Crippen molar-refractivity contribution >= 4 is 29.8 Å². The molecule has 0 saturated heterocycles. The lowest BCUT2D eigenvalue weighted by Crippen LogP contribution is -2.21. The van der Waals surface area contributed by atoms with Crippen molar-refractivity contribution in [1.82, 2.24) is 0 Å². The molecule has 15 aromatic rings. The number of carbonyl (C=O) groups excluding carboxylic acids is 5. The highest BCUT2D eigenvalue weighted by atomic mass is 17.2. The summed E-state index contributed by atoms with van der Waals surface area (Å²) in [6, 6.07) is 92.6. The van der Waals surface area contributed by atoms with Gasteiger partial charge in [-0.05, 0) is 347 Å². The van der Waals surface area contributed by atoms with Gasteiger partial charge in [0.1, 0.15) is 74.6 Å². The number of carbonyl (C=O) groups is 5. The van der Waals surface area contributed by atoms with Crippen LogP contribution >= 0.6 is 0 Å². The van der Waals surface area contributed by atoms with Crippen molar-refractivity contribution < 1.29 is 115 Å². The van der Waals surface area contributed by atoms with Gasteiger partial charge in [0.05, 0.1) is 16.7 Å². The Morgan fingerprint density at radius 3 is 0.556 bits per heavy atom. The van der Waals surface area contributed by atoms with Gasteiger partial charge in [0.25, 0.3) is 0 Å². The van der Waals surface area contributed by atoms with Crippen LogP contribution in [-0.2, 0) is 38.9 Å². The number of rotatable bonds is 19. The quantitative estimate of drug-likeness (QED) is 0.0264. The molecule has 0 fully saturated rings. The van der Waals surface area contributed by atoms with Crippen LogP contribution in [0.1, 0.15) is 235 Å². The first-order chi connectivity index (χ1) is 67.3. The van der Waals surface area contributed by atoms with Crippen LogP contribution < -0.4 is 0 Å². The van der Waals surface area contributed by atoms with Crippen molar-refractivity contribution in [3.63, 3.8) is 0 Å². The molecule has 0 aliphatic carbocycles. The Hall–Kier alpha value is -16.8. The minimum absolute atomic E-state index is 0.139. The van der Waals surface area contributed by atoms with Crippen LogP contribution in [0, 0.1) is 83.1 Å². The van der Waals surface area contributed by atoms with Gasteiger partial charge in [-0.25, -0.2) is 43.5 Å². The Kier molecular flexibility index (Phi) is 37.0. The Balaban J connectivity index is 0.000000185. The molecular formula is C119H120O23. The number of hydrogen-bond donors (Lipinski definition) is 12. The van der Waals surface area contributed by atoms with Crippen LogP contribution in [-0.4, -0.2) is 96.7 Å². The summed E-state index contributed by atoms with van der Waals surface area (Å²) < 4.78 is 0. The summed E-state index contributed by atoms with van der Waals surface area (Å²) in [7, 11) is 0. The normalized spacial score (nSPS) is 10.9. The standard InChI is InChI=1S/C34H38O4.C30H30O4.C26H22O4.C14H10O4.C11H14O3.C4H6O4/c1-17-9-25(10-18(2)31(17)35)29(26-11-19(3)32(36)20(4)12-26)30(27-13-21(5)33(37)22(6)14-27)28-15-23(7)34(38)24(8)16-28;1-17-13-21(5-9-25(17)31)29(22-6-10-26(32)18(2)14-22)30(23-7-11-27(33)19(3)15-23)24-8-12-28(34)20(4)16-24;27-21-9-1-17(2-10-21)25(18-3-11-22(28)12-4-18)26(19-5-13-23(29)14-6-19)20-7-15-24(30)16-8-20;15-13(11-7-3-1-4-8-11)17-18-14(16)12-9-5-2-6-10-12;1-11(2,3)14-13-10(12)9-7-5-4-6-8-9;1-3(5)7-8-4(2)6/h9-16,29-30,35-38H,1-8H3;5-16,29-34H,1-4H3;1-16,25-30H;1-10H;4-8H,1-3H3;1-2H3. The van der Waals surface area contributed by atoms with E-state index >= 15 is 0 Å². The summed E-state index contributed by atoms with van der Waals surface area (Å²) in [5, 5.41) is 122. The number of aromatic hydroxyl groups is 12. The fourth-order valence-corrected chi connectivity index (χ4v) is 16.6. The predicted octanol–water partition coefficient (Wildman–Crippen LogP) is 25.3. The van der Waals surface area contributed by atoms with Crippen LogP contribution in [0.5, 0.6) is 69.0 Å². The molecule has 23 nitrogen and oxygen atoms in total. The van der Waals surface area contributed by atoms with Gasteiger partial charge in [-0.15, -0.1) is 0 Å². The lowest BCUT2D eigenvalue weighted by atomic mass is 9.71. The molecule has 0 radical (unpaired) electrons. The molecule has 0 aromatic heterocycles. The van der Waals surface area contributed by atoms with Crippen molar-refractivity contribution in [2.45, 2.75) is 159 Å². The Labute approximate surface area is 827 Å². The smallest absolute Gasteiger partial charge is 0.386 e. The van der Waals surface area contributed by atoms with E-state index in [1.54, 1.807) is 158 Å². The first-order valence-electron chi connectivity index (χ1n) is 45.7. The SMILES string of the molecule is CC(=O)OOC(C)=O.CC(C)(C)OOC(=O)c1ccccc1.Cc1cc(C(c2cc(C)c(O)c(C)c2)C(c2cc(C)c(O)c(C)c2)c2cc(C)c(O)c(C)c2)cc(C)c1O.Cc1cc(C(c2ccc(O)c(C)c2)C(c2ccc(O)c(C)c2)c2ccc(O)c(C)c2)ccc1O.O=C(OOC(=O)c1ccccc1)c1ccccc1.Oc1ccc(C(c2ccc(O)cc2)C(c2ccc(O)cc2)c2ccc(O)cc2)cc1. The third-order valence-electron chi connectivity index (χ3n) is 23.7. The predicted molar refractivity (Wildman–Crippen MR) is 545 cm³/mol. The molecule has 0 heterocycles. The molecule has 0 saturated carbocycles. The van der Waals surface area contributed by atoms with Crippen molar-refractivity contribution in [3.05, 3.63) is 460 Å². The molecule has 0 amide bonds. The van der Waals surface area contributed by atoms with Gasteiger partial charge in [-0.1, -0.05) is 200 Å². The van der Waals surface area contributed by atoms with Crippen molar-refractivity contribution in [2.24, 2.45) is 0 Å². The van der Waals surface area contributed by atoms with Crippen LogP contribution in [0.4, 0.5) is 0 Å². The summed E-state index contributed by atoms with van der Waals surface area (Å²) in [5.74, 6) is -1.28. The zero-order valence-electron chi connectivity index (χ0n) is 82.3. The Morgan fingerprint density at radius 1 is 0.204 bits per heavy atom. The fourth-order valence-electron chi connectivity index (χ4n) is 16.6. The zero-order chi connectivity index (χ0) is 104. The molecule has 142 heavy (non-hydrogen) atoms. The van der Waals surface area contributed by atoms with E-state index in [4.69, 9.17) is 4.89 Å². The van der Waals surface area contributed by atoms with Crippen LogP contribution in [0.25, 0.3) is 0 Å². The maximum Gasteiger partial charge on any atom is 0.386 e. The number of hydrogen-bond acceptors (Lipinski definition) is 23. The summed E-state index contributed by atoms with van der Waals surface area (Å²) in [4.78, 5) is 80.1. The summed E-state index contributed by atoms with van der Waals surface area (Å²) in [6.45, 7) is 30.5. The average Bonchev–Trinajstić information content (AvgIpc) is 0.756. The Morgan fingerprint density at radius 2 is 0.373 bits per heavy atom. The molecule has 0 spiro atoms. The average molecular weight is 1920 g/mol. The highest BCUT2D eigenvalue weighted by Gasteiger charge is 2.35. The van der Waals surface area contributed by atoms with Gasteiger partial charge in [-0.2, -0.15) is 4.89 Å². The van der Waals surface area contributed by atoms with Gasteiger partial charge in [0.2, 0.25) is 0 Å². The Bertz CT molecular complexity index is 6090. The van der Waals surface area contributed by atoms with E-state index < -0.39 is 35.4 Å². The van der Waals surface area contributed by atoms with Crippen molar-refractivity contribution in [1.29, 1.82) is 0 Å². The third kappa shape index (κ3) is 29.2. The number of benzene rings is 15. The van der Waals surface area contributed by atoms with E-state index in [9.17, 15) is 85.3 Å². The maximum absolute atomic E-state index is 11.5. The highest BCUT2D eigenvalue weighted by molar-refractivity contribution is 5.92. The second-order valence-corrected chi connectivity index (χ2v) is 36.0. The molecule has 15 rings (SSSR count). The van der Waals surface area contributed by atoms with Crippen LogP contribution in [0.2, 0.25) is 0 Å². The number of phenols is 12. The van der Waals surface area contributed by atoms with E-state index in [0.29, 0.717) is 16.7 Å². The monoisotopic (exact) mass is 1920 g/mol. The molecular weight excluding hydrogens is 1800 g/mol. The second-order valence-electron chi connectivity index (χ2n) is 36.0. The van der Waals surface area contributed by atoms with E-state index in [0.717, 1.165) is 147 Å². The van der Waals surface area contributed by atoms with Crippen LogP contribution in [0.15, 0.2) is 309 Å². The largest absolute Gasteiger partial charge is 0.508 e. The summed E-state index contributed by atoms with van der Waals surface area (Å²) in [6.07, 6.45) is 0. The van der Waals surface area contributed by atoms with Crippen molar-refractivity contribution in [2.75, 3.05) is 0 Å². The molecule has 0 aliphatic heterocycles. The number of phenolic OH excluding ortho intramolecular Hbond substituents is 12. The molecule has 0 atom stereocenters. The highest BCUT2D eigenvalue weighted by Crippen LogP contribution is 2.51. The second kappa shape index (κ2) is 49.0. The minimum atomic E-state index is -0.708. The molecule has 0 unspecified atom stereocenters. The molecule has 23 heteroatoms. The minimum Gasteiger partial charge on any atom is -0.508 e. The van der Waals surface area contributed by atoms with Gasteiger partial charge in [0.15, 0.2) is 0 Å². The molecule has 12 N–H and O–H groups in total. The van der Waals surface area contributed by atoms with E-state index in [1.165, 1.54) is 0 Å². The van der Waals surface area contributed by atoms with Gasteiger partial charge in [-0.3, -0.25) is 4.89 Å². The van der Waals surface area contributed by atoms with E-state index in [2.05, 4.69) is 24.4 Å². The van der Waals surface area contributed by atoms with Gasteiger partial charge < -0.3 is 61.3 Å². The zero-order valence-corrected chi connectivity index (χ0v) is 82.3. The maximum atomic E-state index is 11.5. The summed E-state index contributed by atoms with van der Waals surface area (Å²) in [5.41, 5.74) is 22.3.